The van der Waals surface area contributed by atoms with E-state index in [0.717, 1.165) is 25.9 Å². The van der Waals surface area contributed by atoms with Crippen molar-refractivity contribution in [1.82, 2.24) is 15.3 Å². The predicted octanol–water partition coefficient (Wildman–Crippen LogP) is 4.34. The average Bonchev–Trinajstić information content (AvgIpc) is 3.27. The van der Waals surface area contributed by atoms with Crippen molar-refractivity contribution in [2.24, 2.45) is 0 Å². The molecule has 4 aromatic rings. The lowest BCUT2D eigenvalue weighted by Gasteiger charge is -2.18. The fourth-order valence-electron chi connectivity index (χ4n) is 2.75. The molecule has 1 atom stereocenters. The molecule has 3 heterocycles. The minimum Gasteiger partial charge on any atom is -0.354 e. The van der Waals surface area contributed by atoms with Crippen LogP contribution >= 0.6 is 22.7 Å². The molecule has 136 valence electrons. The van der Waals surface area contributed by atoms with Gasteiger partial charge in [0.05, 0.1) is 21.3 Å². The van der Waals surface area contributed by atoms with Gasteiger partial charge in [0.2, 0.25) is 0 Å². The Morgan fingerprint density at radius 2 is 1.85 bits per heavy atom. The quantitative estimate of drug-likeness (QED) is 0.547. The van der Waals surface area contributed by atoms with E-state index < -0.39 is 0 Å². The molecule has 0 bridgehead atoms. The van der Waals surface area contributed by atoms with Crippen LogP contribution in [0.5, 0.6) is 0 Å². The first-order valence-electron chi connectivity index (χ1n) is 8.46. The van der Waals surface area contributed by atoms with E-state index in [4.69, 9.17) is 0 Å². The maximum Gasteiger partial charge on any atom is 0.262 e. The molecule has 0 unspecified atom stereocenters. The average molecular weight is 395 g/mol. The summed E-state index contributed by atoms with van der Waals surface area (Å²) < 4.78 is 1.03. The van der Waals surface area contributed by atoms with Gasteiger partial charge in [0, 0.05) is 20.3 Å². The van der Waals surface area contributed by atoms with E-state index in [1.54, 1.807) is 17.5 Å². The molecule has 1 aromatic carbocycles. The van der Waals surface area contributed by atoms with Gasteiger partial charge in [-0.25, -0.2) is 4.98 Å². The third-order valence-corrected chi connectivity index (χ3v) is 6.40. The number of fused-ring (bicyclic) bond motifs is 1. The Morgan fingerprint density at radius 3 is 2.52 bits per heavy atom. The molecule has 0 aliphatic rings. The molecule has 0 aliphatic carbocycles. The topological polar surface area (TPSA) is 58.1 Å². The van der Waals surface area contributed by atoms with Gasteiger partial charge in [0.15, 0.2) is 5.13 Å². The van der Waals surface area contributed by atoms with Crippen LogP contribution in [-0.4, -0.2) is 30.0 Å². The van der Waals surface area contributed by atoms with Crippen LogP contribution < -0.4 is 10.2 Å². The number of carbonyl (C=O) groups is 1. The van der Waals surface area contributed by atoms with E-state index in [1.807, 2.05) is 73.6 Å². The van der Waals surface area contributed by atoms with Gasteiger partial charge in [-0.3, -0.25) is 9.78 Å². The van der Waals surface area contributed by atoms with Gasteiger partial charge in [-0.1, -0.05) is 47.7 Å². The molecule has 27 heavy (non-hydrogen) atoms. The Hall–Kier alpha value is -2.77. The molecule has 5 nitrogen and oxygen atoms in total. The van der Waals surface area contributed by atoms with Gasteiger partial charge in [0.1, 0.15) is 4.83 Å². The van der Waals surface area contributed by atoms with E-state index in [2.05, 4.69) is 15.3 Å². The monoisotopic (exact) mass is 394 g/mol. The zero-order chi connectivity index (χ0) is 18.8. The van der Waals surface area contributed by atoms with Crippen LogP contribution in [0.4, 0.5) is 5.13 Å². The Morgan fingerprint density at radius 1 is 1.07 bits per heavy atom. The number of pyridine rings is 1. The summed E-state index contributed by atoms with van der Waals surface area (Å²) in [6, 6.07) is 17.2. The minimum absolute atomic E-state index is 0.115. The van der Waals surface area contributed by atoms with Crippen LogP contribution in [0.15, 0.2) is 60.8 Å². The third-order valence-electron chi connectivity index (χ3n) is 4.08. The van der Waals surface area contributed by atoms with Gasteiger partial charge in [-0.15, -0.1) is 11.3 Å². The minimum atomic E-state index is -0.301. The first-order valence-corrected chi connectivity index (χ1v) is 10.1. The Bertz CT molecular complexity index is 986. The number of carbonyl (C=O) groups excluding carboxylic acids is 1. The van der Waals surface area contributed by atoms with Crippen molar-refractivity contribution < 1.29 is 4.79 Å². The van der Waals surface area contributed by atoms with Crippen molar-refractivity contribution in [3.05, 3.63) is 76.9 Å². The zero-order valence-electron chi connectivity index (χ0n) is 14.9. The first-order chi connectivity index (χ1) is 13.1. The molecule has 0 saturated heterocycles. The van der Waals surface area contributed by atoms with E-state index in [9.17, 15) is 4.79 Å². The van der Waals surface area contributed by atoms with Gasteiger partial charge >= 0.3 is 0 Å². The number of nitrogens with zero attached hydrogens (tertiary/aromatic N) is 3. The molecule has 0 spiro atoms. The van der Waals surface area contributed by atoms with Crippen LogP contribution in [0, 0.1) is 0 Å². The van der Waals surface area contributed by atoms with Gasteiger partial charge in [0.25, 0.3) is 5.91 Å². The third kappa shape index (κ3) is 3.70. The second-order valence-electron chi connectivity index (χ2n) is 6.24. The van der Waals surface area contributed by atoms with Crippen molar-refractivity contribution in [3.63, 3.8) is 0 Å². The van der Waals surface area contributed by atoms with Crippen LogP contribution in [0.1, 0.15) is 27.0 Å². The first kappa shape index (κ1) is 17.6. The highest BCUT2D eigenvalue weighted by atomic mass is 32.1. The van der Waals surface area contributed by atoms with Crippen LogP contribution in [-0.2, 0) is 0 Å². The second kappa shape index (κ2) is 7.46. The summed E-state index contributed by atoms with van der Waals surface area (Å²) in [6.45, 7) is 0. The number of amides is 1. The molecule has 7 heteroatoms. The summed E-state index contributed by atoms with van der Waals surface area (Å²) in [5.41, 5.74) is 1.80. The van der Waals surface area contributed by atoms with Crippen molar-refractivity contribution >= 4 is 43.2 Å². The summed E-state index contributed by atoms with van der Waals surface area (Å²) in [7, 11) is 3.93. The SMILES string of the molecule is CN(C)c1nc2sc(C(=O)N[C@H](c3ccccc3)c3ccccn3)cc2s1. The fourth-order valence-corrected chi connectivity index (χ4v) is 4.79. The Balaban J connectivity index is 1.63. The molecule has 4 rings (SSSR count). The summed E-state index contributed by atoms with van der Waals surface area (Å²) in [4.78, 5) is 25.5. The van der Waals surface area contributed by atoms with Crippen LogP contribution in [0.3, 0.4) is 0 Å². The Labute approximate surface area is 165 Å². The molecule has 1 amide bonds. The highest BCUT2D eigenvalue weighted by Gasteiger charge is 2.21. The molecule has 0 fully saturated rings. The number of rotatable bonds is 5. The molecular weight excluding hydrogens is 376 g/mol. The van der Waals surface area contributed by atoms with Crippen molar-refractivity contribution in [2.75, 3.05) is 19.0 Å². The molecule has 0 radical (unpaired) electrons. The lowest BCUT2D eigenvalue weighted by atomic mass is 10.0. The number of benzene rings is 1. The second-order valence-corrected chi connectivity index (χ2v) is 8.28. The molecular formula is C20H18N4OS2. The lowest BCUT2D eigenvalue weighted by Crippen LogP contribution is -2.29. The normalized spacial score (nSPS) is 12.1. The van der Waals surface area contributed by atoms with E-state index in [0.29, 0.717) is 4.88 Å². The molecule has 3 aromatic heterocycles. The van der Waals surface area contributed by atoms with E-state index >= 15 is 0 Å². The number of thiazole rings is 1. The number of hydrogen-bond acceptors (Lipinski definition) is 6. The van der Waals surface area contributed by atoms with Crippen molar-refractivity contribution in [2.45, 2.75) is 6.04 Å². The van der Waals surface area contributed by atoms with E-state index in [1.165, 1.54) is 11.3 Å². The molecule has 0 saturated carbocycles. The Kier molecular flexibility index (Phi) is 4.87. The maximum absolute atomic E-state index is 12.9. The van der Waals surface area contributed by atoms with Crippen LogP contribution in [0.25, 0.3) is 9.53 Å². The number of thiophene rings is 1. The predicted molar refractivity (Wildman–Crippen MR) is 112 cm³/mol. The highest BCUT2D eigenvalue weighted by Crippen LogP contribution is 2.34. The summed E-state index contributed by atoms with van der Waals surface area (Å²) in [5, 5.41) is 4.07. The number of anilines is 1. The fraction of sp³-hybridized carbons (Fsp3) is 0.150. The van der Waals surface area contributed by atoms with Crippen LogP contribution in [0.2, 0.25) is 0 Å². The standard InChI is InChI=1S/C20H18N4OS2/c1-24(2)20-23-19-16(27-20)12-15(26-19)18(25)22-17(13-8-4-3-5-9-13)14-10-6-7-11-21-14/h3-12,17H,1-2H3,(H,22,25)/t17-/m1/s1. The van der Waals surface area contributed by atoms with E-state index in [-0.39, 0.29) is 11.9 Å². The smallest absolute Gasteiger partial charge is 0.262 e. The zero-order valence-corrected chi connectivity index (χ0v) is 16.6. The van der Waals surface area contributed by atoms with Gasteiger partial charge < -0.3 is 10.2 Å². The van der Waals surface area contributed by atoms with Gasteiger partial charge in [-0.05, 0) is 23.8 Å². The largest absolute Gasteiger partial charge is 0.354 e. The molecule has 0 aliphatic heterocycles. The molecule has 1 N–H and O–H groups in total. The summed E-state index contributed by atoms with van der Waals surface area (Å²) in [6.07, 6.45) is 1.74. The highest BCUT2D eigenvalue weighted by molar-refractivity contribution is 7.29. The number of hydrogen-bond donors (Lipinski definition) is 1. The summed E-state index contributed by atoms with van der Waals surface area (Å²) >= 11 is 3.00. The maximum atomic E-state index is 12.9. The lowest BCUT2D eigenvalue weighted by molar-refractivity contribution is 0.0946. The van der Waals surface area contributed by atoms with Gasteiger partial charge in [-0.2, -0.15) is 0 Å². The number of aromatic nitrogens is 2. The number of nitrogens with one attached hydrogen (secondary N) is 1. The van der Waals surface area contributed by atoms with Crippen molar-refractivity contribution in [1.29, 1.82) is 0 Å². The summed E-state index contributed by atoms with van der Waals surface area (Å²) in [5.74, 6) is -0.115. The van der Waals surface area contributed by atoms with Crippen molar-refractivity contribution in [3.8, 4) is 0 Å².